The maximum Gasteiger partial charge on any atom is 0.115 e. The SMILES string of the molecule is C#C.C/C=c1/c(-c2ccc(O)cc2)c2ccccc2c(-c2ccc3ccccc3c2)/c1=C/C. The van der Waals surface area contributed by atoms with E-state index in [-0.39, 0.29) is 5.75 Å². The fourth-order valence-corrected chi connectivity index (χ4v) is 4.67. The number of phenols is 1. The molecule has 0 aliphatic heterocycles. The number of hydrogen-bond donors (Lipinski definition) is 1. The fraction of sp³-hybridized carbons (Fsp3) is 0.0625. The Balaban J connectivity index is 0.00000126. The molecule has 160 valence electrons. The highest BCUT2D eigenvalue weighted by molar-refractivity contribution is 6.06. The van der Waals surface area contributed by atoms with Crippen LogP contribution in [0.4, 0.5) is 0 Å². The van der Waals surface area contributed by atoms with Crippen molar-refractivity contribution in [3.05, 3.63) is 101 Å². The molecule has 1 nitrogen and oxygen atoms in total. The van der Waals surface area contributed by atoms with Crippen molar-refractivity contribution < 1.29 is 5.11 Å². The van der Waals surface area contributed by atoms with E-state index in [1.54, 1.807) is 12.1 Å². The van der Waals surface area contributed by atoms with Gasteiger partial charge >= 0.3 is 0 Å². The van der Waals surface area contributed by atoms with Gasteiger partial charge in [0.05, 0.1) is 0 Å². The first kappa shape index (κ1) is 21.9. The fourth-order valence-electron chi connectivity index (χ4n) is 4.67. The molecule has 5 aromatic carbocycles. The number of hydrogen-bond acceptors (Lipinski definition) is 1. The first-order valence-electron chi connectivity index (χ1n) is 11.0. The minimum atomic E-state index is 0.283. The Morgan fingerprint density at radius 2 is 1.06 bits per heavy atom. The van der Waals surface area contributed by atoms with E-state index in [1.165, 1.54) is 48.7 Å². The van der Waals surface area contributed by atoms with Crippen molar-refractivity contribution >= 4 is 33.7 Å². The molecular formula is C32H26O. The number of phenolic OH excluding ortho intramolecular Hbond substituents is 1. The second-order valence-corrected chi connectivity index (χ2v) is 7.81. The Bertz CT molecular complexity index is 1590. The lowest BCUT2D eigenvalue weighted by molar-refractivity contribution is 0.475. The smallest absolute Gasteiger partial charge is 0.115 e. The summed E-state index contributed by atoms with van der Waals surface area (Å²) in [6.07, 6.45) is 12.4. The van der Waals surface area contributed by atoms with Crippen molar-refractivity contribution in [2.45, 2.75) is 13.8 Å². The quantitative estimate of drug-likeness (QED) is 0.305. The molecule has 5 rings (SSSR count). The Morgan fingerprint density at radius 1 is 0.576 bits per heavy atom. The third kappa shape index (κ3) is 3.88. The van der Waals surface area contributed by atoms with E-state index in [9.17, 15) is 5.11 Å². The summed E-state index contributed by atoms with van der Waals surface area (Å²) in [7, 11) is 0. The Hall–Kier alpha value is -4.28. The van der Waals surface area contributed by atoms with Gasteiger partial charge < -0.3 is 5.11 Å². The first-order chi connectivity index (χ1) is 16.2. The summed E-state index contributed by atoms with van der Waals surface area (Å²) in [5.74, 6) is 0.283. The molecule has 0 spiro atoms. The molecule has 1 heteroatoms. The summed E-state index contributed by atoms with van der Waals surface area (Å²) in [5, 5.41) is 17.2. The molecular weight excluding hydrogens is 400 g/mol. The third-order valence-electron chi connectivity index (χ3n) is 6.07. The molecule has 0 unspecified atom stereocenters. The lowest BCUT2D eigenvalue weighted by atomic mass is 9.87. The summed E-state index contributed by atoms with van der Waals surface area (Å²) in [6.45, 7) is 4.22. The highest BCUT2D eigenvalue weighted by atomic mass is 16.3. The van der Waals surface area contributed by atoms with E-state index < -0.39 is 0 Å². The van der Waals surface area contributed by atoms with Crippen LogP contribution in [0.5, 0.6) is 5.75 Å². The average molecular weight is 427 g/mol. The van der Waals surface area contributed by atoms with Crippen LogP contribution in [0.2, 0.25) is 0 Å². The van der Waals surface area contributed by atoms with Crippen LogP contribution in [0, 0.1) is 12.8 Å². The normalized spacial score (nSPS) is 12.0. The van der Waals surface area contributed by atoms with E-state index in [4.69, 9.17) is 0 Å². The van der Waals surface area contributed by atoms with E-state index in [0.29, 0.717) is 0 Å². The number of rotatable bonds is 2. The molecule has 0 atom stereocenters. The van der Waals surface area contributed by atoms with Crippen molar-refractivity contribution in [1.82, 2.24) is 0 Å². The highest BCUT2D eigenvalue weighted by Crippen LogP contribution is 2.33. The van der Waals surface area contributed by atoms with Crippen LogP contribution >= 0.6 is 0 Å². The van der Waals surface area contributed by atoms with Crippen LogP contribution in [0.15, 0.2) is 91.0 Å². The van der Waals surface area contributed by atoms with Gasteiger partial charge in [-0.2, -0.15) is 0 Å². The average Bonchev–Trinajstić information content (AvgIpc) is 2.88. The number of aromatic hydroxyl groups is 1. The molecule has 0 saturated heterocycles. The zero-order valence-electron chi connectivity index (χ0n) is 18.9. The van der Waals surface area contributed by atoms with Crippen LogP contribution in [-0.4, -0.2) is 5.11 Å². The van der Waals surface area contributed by atoms with E-state index in [1.807, 2.05) is 12.1 Å². The van der Waals surface area contributed by atoms with Gasteiger partial charge in [0, 0.05) is 0 Å². The number of fused-ring (bicyclic) bond motifs is 2. The monoisotopic (exact) mass is 426 g/mol. The second kappa shape index (κ2) is 9.47. The molecule has 0 aliphatic carbocycles. The van der Waals surface area contributed by atoms with Crippen molar-refractivity contribution in [2.75, 3.05) is 0 Å². The minimum absolute atomic E-state index is 0.283. The van der Waals surface area contributed by atoms with Crippen molar-refractivity contribution in [3.63, 3.8) is 0 Å². The van der Waals surface area contributed by atoms with Gasteiger partial charge in [-0.25, -0.2) is 0 Å². The van der Waals surface area contributed by atoms with Crippen LogP contribution in [-0.2, 0) is 0 Å². The van der Waals surface area contributed by atoms with Gasteiger partial charge in [-0.15, -0.1) is 12.8 Å². The zero-order chi connectivity index (χ0) is 23.4. The molecule has 0 saturated carbocycles. The van der Waals surface area contributed by atoms with Crippen molar-refractivity contribution in [2.24, 2.45) is 0 Å². The minimum Gasteiger partial charge on any atom is -0.508 e. The Kier molecular flexibility index (Phi) is 6.29. The Morgan fingerprint density at radius 3 is 1.64 bits per heavy atom. The summed E-state index contributed by atoms with van der Waals surface area (Å²) < 4.78 is 0. The lowest BCUT2D eigenvalue weighted by Gasteiger charge is -2.16. The molecule has 0 radical (unpaired) electrons. The standard InChI is InChI=1S/C30H24O.C2H2/c1-3-25-26(4-2)30(23-14-13-20-9-5-6-10-22(20)19-23)28-12-8-7-11-27(28)29(25)21-15-17-24(31)18-16-21;1-2/h3-19,31H,1-2H3;1-2H/b25-3+,26-4+;. The summed E-state index contributed by atoms with van der Waals surface area (Å²) in [5.41, 5.74) is 4.80. The maximum absolute atomic E-state index is 9.81. The molecule has 0 aliphatic rings. The van der Waals surface area contributed by atoms with Gasteiger partial charge in [0.2, 0.25) is 0 Å². The number of terminal acetylenes is 1. The van der Waals surface area contributed by atoms with E-state index in [2.05, 4.69) is 106 Å². The largest absolute Gasteiger partial charge is 0.508 e. The molecule has 0 fully saturated rings. The first-order valence-corrected chi connectivity index (χ1v) is 11.0. The third-order valence-corrected chi connectivity index (χ3v) is 6.07. The molecule has 0 amide bonds. The van der Waals surface area contributed by atoms with Gasteiger partial charge in [0.1, 0.15) is 5.75 Å². The molecule has 0 aromatic heterocycles. The summed E-state index contributed by atoms with van der Waals surface area (Å²) in [6, 6.07) is 31.4. The van der Waals surface area contributed by atoms with Gasteiger partial charge in [-0.3, -0.25) is 0 Å². The van der Waals surface area contributed by atoms with E-state index >= 15 is 0 Å². The van der Waals surface area contributed by atoms with Gasteiger partial charge in [0.15, 0.2) is 0 Å². The van der Waals surface area contributed by atoms with Crippen LogP contribution in [0.1, 0.15) is 13.8 Å². The molecule has 0 bridgehead atoms. The summed E-state index contributed by atoms with van der Waals surface area (Å²) in [4.78, 5) is 0. The second-order valence-electron chi connectivity index (χ2n) is 7.81. The Labute approximate surface area is 195 Å². The zero-order valence-corrected chi connectivity index (χ0v) is 18.9. The highest BCUT2D eigenvalue weighted by Gasteiger charge is 2.14. The van der Waals surface area contributed by atoms with Gasteiger partial charge in [-0.05, 0) is 86.3 Å². The predicted octanol–water partition coefficient (Wildman–Crippen LogP) is 6.88. The van der Waals surface area contributed by atoms with Crippen molar-refractivity contribution in [3.8, 4) is 40.9 Å². The topological polar surface area (TPSA) is 20.2 Å². The van der Waals surface area contributed by atoms with Gasteiger partial charge in [-0.1, -0.05) is 84.9 Å². The molecule has 1 N–H and O–H groups in total. The van der Waals surface area contributed by atoms with E-state index in [0.717, 1.165) is 5.56 Å². The summed E-state index contributed by atoms with van der Waals surface area (Å²) >= 11 is 0. The molecule has 0 heterocycles. The number of benzene rings is 5. The van der Waals surface area contributed by atoms with Crippen molar-refractivity contribution in [1.29, 1.82) is 0 Å². The van der Waals surface area contributed by atoms with Crippen LogP contribution in [0.25, 0.3) is 56.0 Å². The molecule has 5 aromatic rings. The predicted molar refractivity (Wildman–Crippen MR) is 143 cm³/mol. The van der Waals surface area contributed by atoms with Crippen LogP contribution < -0.4 is 10.4 Å². The maximum atomic E-state index is 9.81. The molecule has 33 heavy (non-hydrogen) atoms. The van der Waals surface area contributed by atoms with Gasteiger partial charge in [0.25, 0.3) is 0 Å². The van der Waals surface area contributed by atoms with Crippen LogP contribution in [0.3, 0.4) is 0 Å². The lowest BCUT2D eigenvalue weighted by Crippen LogP contribution is -2.29.